The largest absolute Gasteiger partial charge is 0.486 e. The monoisotopic (exact) mass is 251 g/mol. The molecule has 2 nitrogen and oxygen atoms in total. The fraction of sp³-hybridized carbons (Fsp3) is 0.467. The van der Waals surface area contributed by atoms with Crippen LogP contribution in [-0.2, 0) is 6.54 Å². The van der Waals surface area contributed by atoms with Gasteiger partial charge in [0.15, 0.2) is 11.6 Å². The van der Waals surface area contributed by atoms with Crippen LogP contribution >= 0.6 is 0 Å². The summed E-state index contributed by atoms with van der Waals surface area (Å²) in [6, 6.07) is 5.00. The Kier molecular flexibility index (Phi) is 5.86. The Morgan fingerprint density at radius 2 is 2.17 bits per heavy atom. The average Bonchev–Trinajstić information content (AvgIpc) is 2.27. The molecule has 0 aliphatic rings. The summed E-state index contributed by atoms with van der Waals surface area (Å²) in [6.45, 7) is 11.7. The van der Waals surface area contributed by atoms with Crippen molar-refractivity contribution in [3.63, 3.8) is 0 Å². The molecule has 0 aliphatic carbocycles. The van der Waals surface area contributed by atoms with Gasteiger partial charge in [0.25, 0.3) is 0 Å². The molecular formula is C15H22FNO. The molecule has 0 aromatic heterocycles. The van der Waals surface area contributed by atoms with Gasteiger partial charge >= 0.3 is 0 Å². The molecule has 0 heterocycles. The Bertz CT molecular complexity index is 401. The highest BCUT2D eigenvalue weighted by Crippen LogP contribution is 2.23. The third-order valence-electron chi connectivity index (χ3n) is 2.38. The number of halogens is 1. The Balaban J connectivity index is 2.70. The molecule has 0 radical (unpaired) electrons. The fourth-order valence-corrected chi connectivity index (χ4v) is 1.55. The average molecular weight is 251 g/mol. The van der Waals surface area contributed by atoms with Gasteiger partial charge in [-0.2, -0.15) is 0 Å². The summed E-state index contributed by atoms with van der Waals surface area (Å²) >= 11 is 0. The van der Waals surface area contributed by atoms with Gasteiger partial charge in [-0.25, -0.2) is 4.39 Å². The zero-order valence-electron chi connectivity index (χ0n) is 11.4. The predicted molar refractivity (Wildman–Crippen MR) is 73.3 cm³/mol. The molecule has 0 saturated heterocycles. The Morgan fingerprint density at radius 3 is 2.78 bits per heavy atom. The van der Waals surface area contributed by atoms with Gasteiger partial charge in [-0.3, -0.25) is 0 Å². The third-order valence-corrected chi connectivity index (χ3v) is 2.38. The van der Waals surface area contributed by atoms with Gasteiger partial charge in [-0.05, 0) is 31.0 Å². The van der Waals surface area contributed by atoms with E-state index in [0.29, 0.717) is 24.8 Å². The normalized spacial score (nSPS) is 10.7. The van der Waals surface area contributed by atoms with E-state index < -0.39 is 0 Å². The van der Waals surface area contributed by atoms with Gasteiger partial charge in [0.05, 0.1) is 0 Å². The molecule has 0 amide bonds. The maximum atomic E-state index is 13.7. The van der Waals surface area contributed by atoms with Gasteiger partial charge in [0.2, 0.25) is 0 Å². The molecule has 0 spiro atoms. The van der Waals surface area contributed by atoms with E-state index in [1.54, 1.807) is 6.07 Å². The van der Waals surface area contributed by atoms with Crippen molar-refractivity contribution in [1.29, 1.82) is 0 Å². The van der Waals surface area contributed by atoms with Crippen LogP contribution in [0.25, 0.3) is 0 Å². The van der Waals surface area contributed by atoms with Crippen LogP contribution in [-0.4, -0.2) is 13.2 Å². The third kappa shape index (κ3) is 4.88. The highest BCUT2D eigenvalue weighted by molar-refractivity contribution is 5.35. The zero-order valence-corrected chi connectivity index (χ0v) is 11.4. The smallest absolute Gasteiger partial charge is 0.165 e. The first-order valence-electron chi connectivity index (χ1n) is 6.26. The van der Waals surface area contributed by atoms with Crippen LogP contribution in [0.2, 0.25) is 0 Å². The summed E-state index contributed by atoms with van der Waals surface area (Å²) in [5, 5.41) is 3.29. The molecular weight excluding hydrogens is 229 g/mol. The fourth-order valence-electron chi connectivity index (χ4n) is 1.55. The van der Waals surface area contributed by atoms with Crippen molar-refractivity contribution in [2.24, 2.45) is 5.92 Å². The van der Waals surface area contributed by atoms with Crippen molar-refractivity contribution in [3.05, 3.63) is 41.7 Å². The number of hydrogen-bond donors (Lipinski definition) is 1. The predicted octanol–water partition coefficient (Wildman–Crippen LogP) is 3.53. The molecule has 0 aliphatic heterocycles. The van der Waals surface area contributed by atoms with E-state index in [1.165, 1.54) is 6.07 Å². The number of para-hydroxylation sites is 1. The quantitative estimate of drug-likeness (QED) is 0.749. The first-order chi connectivity index (χ1) is 8.50. The second kappa shape index (κ2) is 7.17. The van der Waals surface area contributed by atoms with Crippen LogP contribution in [0.5, 0.6) is 5.75 Å². The standard InChI is InChI=1S/C15H22FNO/c1-11(2)8-17-9-13-6-5-7-14(16)15(13)18-10-12(3)4/h5-7,11,17H,3,8-10H2,1-2,4H3. The molecule has 1 aromatic rings. The van der Waals surface area contributed by atoms with Gasteiger partial charge in [0, 0.05) is 12.1 Å². The Hall–Kier alpha value is -1.35. The second-order valence-corrected chi connectivity index (χ2v) is 5.00. The number of rotatable bonds is 7. The van der Waals surface area contributed by atoms with Crippen molar-refractivity contribution in [2.75, 3.05) is 13.2 Å². The van der Waals surface area contributed by atoms with Gasteiger partial charge in [-0.1, -0.05) is 32.6 Å². The molecule has 0 atom stereocenters. The molecule has 3 heteroatoms. The summed E-state index contributed by atoms with van der Waals surface area (Å²) in [6.07, 6.45) is 0. The van der Waals surface area contributed by atoms with Crippen molar-refractivity contribution in [1.82, 2.24) is 5.32 Å². The lowest BCUT2D eigenvalue weighted by atomic mass is 10.1. The minimum Gasteiger partial charge on any atom is -0.486 e. The number of benzene rings is 1. The first-order valence-corrected chi connectivity index (χ1v) is 6.26. The van der Waals surface area contributed by atoms with E-state index in [9.17, 15) is 4.39 Å². The molecule has 1 N–H and O–H groups in total. The van der Waals surface area contributed by atoms with Gasteiger partial charge in [-0.15, -0.1) is 0 Å². The summed E-state index contributed by atoms with van der Waals surface area (Å²) in [5.74, 6) is 0.579. The van der Waals surface area contributed by atoms with E-state index in [-0.39, 0.29) is 5.82 Å². The van der Waals surface area contributed by atoms with Crippen LogP contribution in [0.1, 0.15) is 26.3 Å². The lowest BCUT2D eigenvalue weighted by Gasteiger charge is -2.13. The minimum atomic E-state index is -0.319. The maximum absolute atomic E-state index is 13.7. The second-order valence-electron chi connectivity index (χ2n) is 5.00. The Labute approximate surface area is 109 Å². The van der Waals surface area contributed by atoms with Crippen LogP contribution in [0.3, 0.4) is 0 Å². The highest BCUT2D eigenvalue weighted by atomic mass is 19.1. The van der Waals surface area contributed by atoms with E-state index in [4.69, 9.17) is 4.74 Å². The molecule has 0 fully saturated rings. The Morgan fingerprint density at radius 1 is 1.44 bits per heavy atom. The SMILES string of the molecule is C=C(C)COc1c(F)cccc1CNCC(C)C. The zero-order chi connectivity index (χ0) is 13.5. The number of nitrogens with one attached hydrogen (secondary N) is 1. The number of ether oxygens (including phenoxy) is 1. The summed E-state index contributed by atoms with van der Waals surface area (Å²) < 4.78 is 19.2. The first kappa shape index (κ1) is 14.7. The molecule has 100 valence electrons. The summed E-state index contributed by atoms with van der Waals surface area (Å²) in [5.41, 5.74) is 1.72. The van der Waals surface area contributed by atoms with Crippen LogP contribution in [0, 0.1) is 11.7 Å². The van der Waals surface area contributed by atoms with E-state index >= 15 is 0 Å². The van der Waals surface area contributed by atoms with E-state index in [0.717, 1.165) is 17.7 Å². The van der Waals surface area contributed by atoms with Crippen molar-refractivity contribution < 1.29 is 9.13 Å². The van der Waals surface area contributed by atoms with Crippen LogP contribution in [0.4, 0.5) is 4.39 Å². The molecule has 1 rings (SSSR count). The molecule has 0 unspecified atom stereocenters. The van der Waals surface area contributed by atoms with Crippen molar-refractivity contribution in [2.45, 2.75) is 27.3 Å². The maximum Gasteiger partial charge on any atom is 0.165 e. The van der Waals surface area contributed by atoms with Crippen LogP contribution < -0.4 is 10.1 Å². The number of hydrogen-bond acceptors (Lipinski definition) is 2. The molecule has 0 bridgehead atoms. The van der Waals surface area contributed by atoms with E-state index in [1.807, 2.05) is 13.0 Å². The van der Waals surface area contributed by atoms with Gasteiger partial charge in [0.1, 0.15) is 6.61 Å². The van der Waals surface area contributed by atoms with Gasteiger partial charge < -0.3 is 10.1 Å². The minimum absolute atomic E-state index is 0.319. The lowest BCUT2D eigenvalue weighted by Crippen LogP contribution is -2.19. The summed E-state index contributed by atoms with van der Waals surface area (Å²) in [4.78, 5) is 0. The molecule has 1 aromatic carbocycles. The lowest BCUT2D eigenvalue weighted by molar-refractivity contribution is 0.327. The molecule has 0 saturated carbocycles. The van der Waals surface area contributed by atoms with Crippen LogP contribution in [0.15, 0.2) is 30.4 Å². The van der Waals surface area contributed by atoms with Crippen molar-refractivity contribution >= 4 is 0 Å². The highest BCUT2D eigenvalue weighted by Gasteiger charge is 2.09. The topological polar surface area (TPSA) is 21.3 Å². The van der Waals surface area contributed by atoms with E-state index in [2.05, 4.69) is 25.7 Å². The molecule has 18 heavy (non-hydrogen) atoms. The van der Waals surface area contributed by atoms with Crippen molar-refractivity contribution in [3.8, 4) is 5.75 Å². The summed E-state index contributed by atoms with van der Waals surface area (Å²) in [7, 11) is 0.